The summed E-state index contributed by atoms with van der Waals surface area (Å²) in [6, 6.07) is 17.2. The summed E-state index contributed by atoms with van der Waals surface area (Å²) in [4.78, 5) is 8.98. The van der Waals surface area contributed by atoms with Crippen LogP contribution in [0.15, 0.2) is 58.5 Å². The van der Waals surface area contributed by atoms with Gasteiger partial charge in [0.2, 0.25) is 0 Å². The van der Waals surface area contributed by atoms with Crippen LogP contribution in [0.1, 0.15) is 49.9 Å². The molecule has 0 amide bonds. The van der Waals surface area contributed by atoms with Crippen LogP contribution in [0.2, 0.25) is 0 Å². The monoisotopic (exact) mass is 336 g/mol. The van der Waals surface area contributed by atoms with Crippen LogP contribution in [-0.2, 0) is 18.0 Å². The van der Waals surface area contributed by atoms with Crippen LogP contribution < -0.4 is 0 Å². The number of rotatable bonds is 8. The fourth-order valence-electron chi connectivity index (χ4n) is 2.31. The molecule has 3 heteroatoms. The summed E-state index contributed by atoms with van der Waals surface area (Å²) in [6.45, 7) is 9.48. The third kappa shape index (κ3) is 7.44. The molecule has 0 saturated heterocycles. The smallest absolute Gasteiger partial charge is 0.0721 e. The second kappa shape index (κ2) is 9.90. The van der Waals surface area contributed by atoms with Gasteiger partial charge in [-0.3, -0.25) is 9.98 Å². The van der Waals surface area contributed by atoms with E-state index >= 15 is 0 Å². The lowest BCUT2D eigenvalue weighted by Crippen LogP contribution is -1.99. The van der Waals surface area contributed by atoms with E-state index < -0.39 is 0 Å². The Morgan fingerprint density at radius 3 is 1.80 bits per heavy atom. The molecular formula is C22H28N2O. The van der Waals surface area contributed by atoms with E-state index in [1.807, 2.05) is 30.6 Å². The zero-order valence-electron chi connectivity index (χ0n) is 15.6. The van der Waals surface area contributed by atoms with Crippen molar-refractivity contribution in [3.63, 3.8) is 0 Å². The predicted octanol–water partition coefficient (Wildman–Crippen LogP) is 5.06. The molecule has 132 valence electrons. The molecular weight excluding hydrogens is 308 g/mol. The van der Waals surface area contributed by atoms with Gasteiger partial charge in [0.05, 0.1) is 13.2 Å². The zero-order chi connectivity index (χ0) is 18.1. The third-order valence-corrected chi connectivity index (χ3v) is 3.46. The molecule has 0 bridgehead atoms. The van der Waals surface area contributed by atoms with Gasteiger partial charge >= 0.3 is 0 Å². The average Bonchev–Trinajstić information content (AvgIpc) is 2.59. The van der Waals surface area contributed by atoms with Gasteiger partial charge in [-0.1, -0.05) is 30.3 Å². The largest absolute Gasteiger partial charge is 0.372 e. The Hall–Kier alpha value is -2.26. The van der Waals surface area contributed by atoms with Gasteiger partial charge in [-0.2, -0.15) is 0 Å². The molecule has 0 atom stereocenters. The van der Waals surface area contributed by atoms with Crippen LogP contribution in [0.3, 0.4) is 0 Å². The number of hydrogen-bond donors (Lipinski definition) is 0. The van der Waals surface area contributed by atoms with E-state index in [1.54, 1.807) is 0 Å². The minimum atomic E-state index is 0.283. The maximum atomic E-state index is 5.88. The minimum Gasteiger partial charge on any atom is -0.372 e. The van der Waals surface area contributed by atoms with Crippen molar-refractivity contribution in [2.75, 3.05) is 0 Å². The van der Waals surface area contributed by atoms with E-state index in [2.05, 4.69) is 68.0 Å². The SMILES string of the molecule is CC(C)N=Cc1cc(C=NC(C)C)cc(COCc2ccccc2)c1. The molecule has 0 aliphatic heterocycles. The van der Waals surface area contributed by atoms with E-state index in [4.69, 9.17) is 4.74 Å². The van der Waals surface area contributed by atoms with Gasteiger partial charge in [-0.05, 0) is 68.1 Å². The number of nitrogens with zero attached hydrogens (tertiary/aromatic N) is 2. The molecule has 0 aromatic heterocycles. The molecule has 2 aromatic carbocycles. The molecule has 2 rings (SSSR count). The first-order valence-corrected chi connectivity index (χ1v) is 8.85. The highest BCUT2D eigenvalue weighted by Crippen LogP contribution is 2.12. The van der Waals surface area contributed by atoms with Gasteiger partial charge < -0.3 is 4.74 Å². The Morgan fingerprint density at radius 2 is 1.28 bits per heavy atom. The van der Waals surface area contributed by atoms with Crippen LogP contribution in [0.4, 0.5) is 0 Å². The summed E-state index contributed by atoms with van der Waals surface area (Å²) in [7, 11) is 0. The number of ether oxygens (including phenoxy) is 1. The summed E-state index contributed by atoms with van der Waals surface area (Å²) in [5.41, 5.74) is 4.48. The van der Waals surface area contributed by atoms with Crippen LogP contribution in [0, 0.1) is 0 Å². The number of hydrogen-bond acceptors (Lipinski definition) is 3. The predicted molar refractivity (Wildman–Crippen MR) is 107 cm³/mol. The Morgan fingerprint density at radius 1 is 0.760 bits per heavy atom. The van der Waals surface area contributed by atoms with Crippen LogP contribution >= 0.6 is 0 Å². The molecule has 0 N–H and O–H groups in total. The first-order chi connectivity index (χ1) is 12.0. The summed E-state index contributed by atoms with van der Waals surface area (Å²) in [6.07, 6.45) is 3.86. The number of benzene rings is 2. The first-order valence-electron chi connectivity index (χ1n) is 8.85. The Bertz CT molecular complexity index is 667. The van der Waals surface area contributed by atoms with Gasteiger partial charge in [0.1, 0.15) is 0 Å². The molecule has 2 aromatic rings. The highest BCUT2D eigenvalue weighted by atomic mass is 16.5. The molecule has 0 spiro atoms. The molecule has 0 aliphatic carbocycles. The van der Waals surface area contributed by atoms with Crippen molar-refractivity contribution in [3.05, 3.63) is 70.8 Å². The number of aliphatic imine (C=N–C) groups is 2. The van der Waals surface area contributed by atoms with Crippen molar-refractivity contribution in [3.8, 4) is 0 Å². The van der Waals surface area contributed by atoms with Crippen LogP contribution in [-0.4, -0.2) is 24.5 Å². The molecule has 0 radical (unpaired) electrons. The van der Waals surface area contributed by atoms with Crippen molar-refractivity contribution in [1.29, 1.82) is 0 Å². The summed E-state index contributed by atoms with van der Waals surface area (Å²) in [5, 5.41) is 0. The van der Waals surface area contributed by atoms with Crippen molar-refractivity contribution in [2.45, 2.75) is 53.0 Å². The van der Waals surface area contributed by atoms with Gasteiger partial charge in [-0.25, -0.2) is 0 Å². The van der Waals surface area contributed by atoms with Crippen molar-refractivity contribution in [1.82, 2.24) is 0 Å². The lowest BCUT2D eigenvalue weighted by atomic mass is 10.1. The maximum Gasteiger partial charge on any atom is 0.0721 e. The molecule has 0 heterocycles. The summed E-state index contributed by atoms with van der Waals surface area (Å²) >= 11 is 0. The normalized spacial score (nSPS) is 12.1. The topological polar surface area (TPSA) is 34.0 Å². The fourth-order valence-corrected chi connectivity index (χ4v) is 2.31. The van der Waals surface area contributed by atoms with E-state index in [9.17, 15) is 0 Å². The van der Waals surface area contributed by atoms with Gasteiger partial charge in [0.15, 0.2) is 0 Å². The van der Waals surface area contributed by atoms with Crippen LogP contribution in [0.5, 0.6) is 0 Å². The Kier molecular flexibility index (Phi) is 7.55. The van der Waals surface area contributed by atoms with E-state index in [0.717, 1.165) is 16.7 Å². The van der Waals surface area contributed by atoms with Gasteiger partial charge in [0.25, 0.3) is 0 Å². The quantitative estimate of drug-likeness (QED) is 0.621. The summed E-state index contributed by atoms with van der Waals surface area (Å²) in [5.74, 6) is 0. The van der Waals surface area contributed by atoms with Crippen molar-refractivity contribution < 1.29 is 4.74 Å². The second-order valence-electron chi connectivity index (χ2n) is 6.73. The Labute approximate surface area is 151 Å². The Balaban J connectivity index is 2.11. The van der Waals surface area contributed by atoms with Gasteiger partial charge in [0, 0.05) is 24.5 Å². The lowest BCUT2D eigenvalue weighted by Gasteiger charge is -2.08. The molecule has 3 nitrogen and oxygen atoms in total. The van der Waals surface area contributed by atoms with Gasteiger partial charge in [-0.15, -0.1) is 0 Å². The molecule has 0 saturated carbocycles. The van der Waals surface area contributed by atoms with Crippen LogP contribution in [0.25, 0.3) is 0 Å². The third-order valence-electron chi connectivity index (χ3n) is 3.46. The van der Waals surface area contributed by atoms with E-state index in [0.29, 0.717) is 13.2 Å². The minimum absolute atomic E-state index is 0.283. The zero-order valence-corrected chi connectivity index (χ0v) is 15.6. The average molecular weight is 336 g/mol. The second-order valence-corrected chi connectivity index (χ2v) is 6.73. The highest BCUT2D eigenvalue weighted by Gasteiger charge is 2.01. The standard InChI is InChI=1S/C22H28N2O/c1-17(2)23-13-20-10-21(14-24-18(3)4)12-22(11-20)16-25-15-19-8-6-5-7-9-19/h5-14,17-18H,15-16H2,1-4H3. The van der Waals surface area contributed by atoms with Crippen molar-refractivity contribution in [2.24, 2.45) is 9.98 Å². The molecule has 25 heavy (non-hydrogen) atoms. The summed E-state index contributed by atoms with van der Waals surface area (Å²) < 4.78 is 5.88. The maximum absolute atomic E-state index is 5.88. The van der Waals surface area contributed by atoms with Crippen molar-refractivity contribution >= 4 is 12.4 Å². The first kappa shape index (κ1) is 19.1. The molecule has 0 unspecified atom stereocenters. The molecule has 0 fully saturated rings. The lowest BCUT2D eigenvalue weighted by molar-refractivity contribution is 0.107. The van der Waals surface area contributed by atoms with E-state index in [-0.39, 0.29) is 12.1 Å². The van der Waals surface area contributed by atoms with E-state index in [1.165, 1.54) is 5.56 Å². The highest BCUT2D eigenvalue weighted by molar-refractivity contribution is 5.86. The fraction of sp³-hybridized carbons (Fsp3) is 0.364. The molecule has 0 aliphatic rings.